The molecule has 3 aliphatic rings. The molecule has 3 saturated heterocycles. The van der Waals surface area contributed by atoms with Gasteiger partial charge < -0.3 is 136 Å². The Morgan fingerprint density at radius 1 is 0.331 bits per heavy atom. The van der Waals surface area contributed by atoms with E-state index in [0.29, 0.717) is 103 Å². The number of unbranched alkanes of at least 4 members (excludes halogenated alkanes) is 16. The molecule has 0 spiro atoms. The van der Waals surface area contributed by atoms with Crippen molar-refractivity contribution in [3.05, 3.63) is 0 Å². The fourth-order valence-corrected chi connectivity index (χ4v) is 15.3. The number of amides is 9. The van der Waals surface area contributed by atoms with Gasteiger partial charge in [-0.25, -0.2) is 0 Å². The largest absolute Gasteiger partial charge is 0.394 e. The van der Waals surface area contributed by atoms with Crippen molar-refractivity contribution in [1.82, 2.24) is 47.9 Å². The number of ether oxygens (including phenoxy) is 8. The van der Waals surface area contributed by atoms with Gasteiger partial charge in [-0.3, -0.25) is 57.3 Å². The molecule has 0 saturated carbocycles. The molecule has 0 aromatic carbocycles. The molecule has 3 fully saturated rings. The third-order valence-electron chi connectivity index (χ3n) is 22.4. The second-order valence-electron chi connectivity index (χ2n) is 34.6. The van der Waals surface area contributed by atoms with Crippen molar-refractivity contribution in [2.45, 2.75) is 375 Å². The number of rotatable bonds is 73. The van der Waals surface area contributed by atoms with E-state index in [9.17, 15) is 103 Å². The Labute approximate surface area is 749 Å². The zero-order valence-electron chi connectivity index (χ0n) is 76.5. The maximum atomic E-state index is 14.1. The molecule has 736 valence electrons. The van der Waals surface area contributed by atoms with E-state index >= 15 is 0 Å². The summed E-state index contributed by atoms with van der Waals surface area (Å²) in [6.07, 6.45) is 3.70. The molecule has 39 nitrogen and oxygen atoms in total. The minimum atomic E-state index is -2.68. The highest BCUT2D eigenvalue weighted by atomic mass is 31.2. The lowest BCUT2D eigenvalue weighted by molar-refractivity contribution is -0.270. The Balaban J connectivity index is 1.59. The minimum Gasteiger partial charge on any atom is -0.394 e. The lowest BCUT2D eigenvalue weighted by atomic mass is 9.92. The van der Waals surface area contributed by atoms with Crippen molar-refractivity contribution in [2.24, 2.45) is 0 Å². The summed E-state index contributed by atoms with van der Waals surface area (Å²) in [4.78, 5) is 140. The van der Waals surface area contributed by atoms with Gasteiger partial charge in [0.2, 0.25) is 60.5 Å². The topological polar surface area (TPSA) is 578 Å². The second kappa shape index (κ2) is 66.4. The van der Waals surface area contributed by atoms with E-state index < -0.39 is 142 Å². The zero-order valence-corrected chi connectivity index (χ0v) is 77.4. The predicted molar refractivity (Wildman–Crippen MR) is 467 cm³/mol. The van der Waals surface area contributed by atoms with Gasteiger partial charge >= 0.3 is 0 Å². The van der Waals surface area contributed by atoms with Crippen molar-refractivity contribution < 1.29 is 146 Å². The van der Waals surface area contributed by atoms with E-state index in [1.54, 1.807) is 6.66 Å². The molecule has 3 rings (SSSR count). The van der Waals surface area contributed by atoms with Crippen molar-refractivity contribution in [2.75, 3.05) is 112 Å². The molecule has 40 heteroatoms. The minimum absolute atomic E-state index is 0.00858. The van der Waals surface area contributed by atoms with E-state index in [1.807, 2.05) is 20.8 Å². The maximum absolute atomic E-state index is 14.1. The number of aliphatic hydroxyl groups excluding tert-OH is 9. The summed E-state index contributed by atoms with van der Waals surface area (Å²) in [5.74, 6) is -2.80. The molecule has 0 aliphatic carbocycles. The molecular formula is C87H158N9O30P. The fraction of sp³-hybridized carbons (Fsp3) is 0.874. The lowest BCUT2D eigenvalue weighted by Crippen LogP contribution is -2.64. The third-order valence-corrected chi connectivity index (χ3v) is 25.5. The predicted octanol–water partition coefficient (Wildman–Crippen LogP) is 2.24. The summed E-state index contributed by atoms with van der Waals surface area (Å²) in [5, 5.41) is 116. The van der Waals surface area contributed by atoms with E-state index in [-0.39, 0.29) is 189 Å². The van der Waals surface area contributed by atoms with Crippen molar-refractivity contribution >= 4 is 72.1 Å². The van der Waals surface area contributed by atoms with E-state index in [2.05, 4.69) is 47.9 Å². The van der Waals surface area contributed by atoms with Crippen LogP contribution in [0.25, 0.3) is 0 Å². The number of carbonyl (C=O) groups excluding carboxylic acids is 11. The van der Waals surface area contributed by atoms with Crippen LogP contribution in [0.1, 0.15) is 273 Å². The molecule has 0 aromatic rings. The van der Waals surface area contributed by atoms with Crippen LogP contribution in [0.15, 0.2) is 0 Å². The molecule has 3 heterocycles. The molecule has 127 heavy (non-hydrogen) atoms. The average Bonchev–Trinajstić information content (AvgIpc) is 0.815. The summed E-state index contributed by atoms with van der Waals surface area (Å²) < 4.78 is 64.9. The molecule has 9 amide bonds. The number of nitrogens with one attached hydrogen (secondary N) is 9. The van der Waals surface area contributed by atoms with E-state index in [0.717, 1.165) is 77.0 Å². The quantitative estimate of drug-likeness (QED) is 0.0307. The first-order valence-electron chi connectivity index (χ1n) is 46.2. The highest BCUT2D eigenvalue weighted by molar-refractivity contribution is 7.59. The van der Waals surface area contributed by atoms with Crippen LogP contribution in [0.3, 0.4) is 0 Å². The van der Waals surface area contributed by atoms with Crippen LogP contribution in [0.5, 0.6) is 0 Å². The summed E-state index contributed by atoms with van der Waals surface area (Å²) in [6.45, 7) is 11.1. The summed E-state index contributed by atoms with van der Waals surface area (Å²) in [6, 6.07) is -3.27. The number of ketones is 2. The highest BCUT2D eigenvalue weighted by Gasteiger charge is 2.48. The monoisotopic (exact) mass is 1840 g/mol. The number of hydrogen-bond acceptors (Lipinski definition) is 30. The maximum Gasteiger partial charge on any atom is 0.222 e. The SMILES string of the molecule is CC(=O)NC1[C@H](OCCCCC(=O)CCCCNC(=O)CCOCC(CCCCC(=O)NCCCNC(=O)CCCCO[C@@H]2OC(CO)[C@@H](O)[C@H](O)C2NC(C)=O)(COCCC(=O)NCCCNC(=O)CCCCO[C@@H]2OC(CO)[C@@H](O)[C@H](O)C2NC(C)=O)NC(=O)CCCCCCCCCCC(=O)CCCCCCCOP(C)(=O)C(C)(C)C)OC(CO)[C@@H](O)[C@@H]1O. The van der Waals surface area contributed by atoms with Gasteiger partial charge in [-0.1, -0.05) is 85.0 Å². The average molecular weight is 1840 g/mol. The van der Waals surface area contributed by atoms with Gasteiger partial charge in [0.05, 0.1) is 58.4 Å². The van der Waals surface area contributed by atoms with Gasteiger partial charge in [0, 0.05) is 149 Å². The van der Waals surface area contributed by atoms with Crippen LogP contribution < -0.4 is 47.9 Å². The summed E-state index contributed by atoms with van der Waals surface area (Å²) in [7, 11) is -2.68. The Kier molecular flexibility index (Phi) is 60.3. The standard InChI is InChI=1S/C87H158N9O30P/c1-60(100)93-74-80(114)77(111)65(55-97)124-83(74)120-49-28-22-36-64(104)35-21-26-44-88-71(108)41-53-118-58-87(96-73(110)40-19-15-11-9-8-10-13-17-33-63(103)34-18-14-12-16-27-52-123-127(7,117)86(4,5)6,43-25-20-37-68(105)89-45-31-46-90-69(106)38-23-29-50-121-84-75(94-61(2)101)81(115)78(112)66(56-98)125-84)59-119-54-42-72(109)92-48-32-47-91-70(107)39-24-30-51-122-85-76(95-62(3)102)82(116)79(113)67(57-99)126-85/h65-67,74-85,97-99,111-116H,8-59H2,1-7H3,(H,88,108)(H,89,105)(H,90,106)(H,91,107)(H,92,109)(H,93,100)(H,94,101)(H,95,102)(H,96,110)/t65?,66?,67?,74?,75?,76?,77-,78-,79-,80-,81-,82-,83-,84-,85-,87?,127?/m1/s1. The molecule has 8 unspecified atom stereocenters. The smallest absolute Gasteiger partial charge is 0.222 e. The van der Waals surface area contributed by atoms with Gasteiger partial charge in [0.25, 0.3) is 0 Å². The second-order valence-corrected chi connectivity index (χ2v) is 37.9. The molecule has 17 atom stereocenters. The summed E-state index contributed by atoms with van der Waals surface area (Å²) in [5.41, 5.74) is -1.20. The third kappa shape index (κ3) is 50.0. The van der Waals surface area contributed by atoms with Crippen LogP contribution in [-0.4, -0.2) is 325 Å². The summed E-state index contributed by atoms with van der Waals surface area (Å²) >= 11 is 0. The molecule has 0 radical (unpaired) electrons. The number of aliphatic hydroxyl groups is 9. The molecule has 3 aliphatic heterocycles. The van der Waals surface area contributed by atoms with Gasteiger partial charge in [0.15, 0.2) is 18.9 Å². The Morgan fingerprint density at radius 3 is 0.945 bits per heavy atom. The van der Waals surface area contributed by atoms with Gasteiger partial charge in [-0.05, 0) is 103 Å². The zero-order chi connectivity index (χ0) is 94.0. The van der Waals surface area contributed by atoms with Gasteiger partial charge in [0.1, 0.15) is 84.6 Å². The number of carbonyl (C=O) groups is 11. The lowest BCUT2D eigenvalue weighted by Gasteiger charge is -2.42. The van der Waals surface area contributed by atoms with Crippen LogP contribution in [0.4, 0.5) is 0 Å². The highest BCUT2D eigenvalue weighted by Crippen LogP contribution is 2.55. The van der Waals surface area contributed by atoms with Crippen LogP contribution in [0, 0.1) is 0 Å². The van der Waals surface area contributed by atoms with Gasteiger partial charge in [-0.2, -0.15) is 0 Å². The first-order chi connectivity index (χ1) is 60.6. The van der Waals surface area contributed by atoms with Gasteiger partial charge in [-0.15, -0.1) is 0 Å². The molecule has 18 N–H and O–H groups in total. The van der Waals surface area contributed by atoms with Crippen molar-refractivity contribution in [3.8, 4) is 0 Å². The van der Waals surface area contributed by atoms with Crippen LogP contribution >= 0.6 is 7.37 Å². The van der Waals surface area contributed by atoms with E-state index in [4.69, 9.17) is 42.4 Å². The molecule has 0 aromatic heterocycles. The number of hydrogen-bond donors (Lipinski definition) is 18. The first kappa shape index (κ1) is 115. The number of Topliss-reactive ketones (excluding diaryl/α,β-unsaturated/α-hetero) is 2. The molecular weight excluding hydrogens is 1680 g/mol. The Hall–Kier alpha value is -5.92. The fourth-order valence-electron chi connectivity index (χ4n) is 14.4. The van der Waals surface area contributed by atoms with Crippen LogP contribution in [0.2, 0.25) is 0 Å². The first-order valence-corrected chi connectivity index (χ1v) is 48.2. The van der Waals surface area contributed by atoms with E-state index in [1.165, 1.54) is 20.8 Å². The molecule has 0 bridgehead atoms. The Morgan fingerprint density at radius 2 is 0.606 bits per heavy atom. The van der Waals surface area contributed by atoms with Crippen LogP contribution in [-0.2, 0) is 99.7 Å². The van der Waals surface area contributed by atoms with Crippen molar-refractivity contribution in [3.63, 3.8) is 0 Å². The van der Waals surface area contributed by atoms with Crippen molar-refractivity contribution in [1.29, 1.82) is 0 Å². The Bertz CT molecular complexity index is 2960. The normalized spacial score (nSPS) is 23.4.